The molecule has 3 atom stereocenters. The fraction of sp³-hybridized carbons (Fsp3) is 0.933. The van der Waals surface area contributed by atoms with Crippen molar-refractivity contribution in [1.82, 2.24) is 5.32 Å². The fourth-order valence-electron chi connectivity index (χ4n) is 3.25. The molecule has 0 amide bonds. The highest BCUT2D eigenvalue weighted by Crippen LogP contribution is 2.39. The van der Waals surface area contributed by atoms with Crippen LogP contribution in [0.15, 0.2) is 0 Å². The molecule has 112 valence electrons. The van der Waals surface area contributed by atoms with Crippen LogP contribution in [-0.4, -0.2) is 35.9 Å². The van der Waals surface area contributed by atoms with Gasteiger partial charge in [-0.2, -0.15) is 0 Å². The molecule has 1 fully saturated rings. The largest absolute Gasteiger partial charge is 0.480 e. The molecule has 0 aromatic carbocycles. The van der Waals surface area contributed by atoms with E-state index in [1.807, 2.05) is 6.92 Å². The molecule has 19 heavy (non-hydrogen) atoms. The van der Waals surface area contributed by atoms with E-state index in [-0.39, 0.29) is 12.7 Å². The normalized spacial score (nSPS) is 29.7. The monoisotopic (exact) mass is 271 g/mol. The number of hydrogen-bond acceptors (Lipinski definition) is 3. The number of rotatable bonds is 6. The second kappa shape index (κ2) is 6.23. The van der Waals surface area contributed by atoms with Crippen LogP contribution in [0.25, 0.3) is 0 Å². The molecule has 0 aliphatic heterocycles. The highest BCUT2D eigenvalue weighted by Gasteiger charge is 2.37. The summed E-state index contributed by atoms with van der Waals surface area (Å²) in [6.07, 6.45) is 3.44. The number of ether oxygens (including phenoxy) is 1. The molecule has 4 nitrogen and oxygen atoms in total. The van der Waals surface area contributed by atoms with Crippen LogP contribution in [0.3, 0.4) is 0 Å². The van der Waals surface area contributed by atoms with E-state index in [9.17, 15) is 9.90 Å². The Kier molecular flexibility index (Phi) is 5.39. The van der Waals surface area contributed by atoms with E-state index in [2.05, 4.69) is 26.1 Å². The van der Waals surface area contributed by atoms with Crippen LogP contribution in [0.2, 0.25) is 0 Å². The van der Waals surface area contributed by atoms with Crippen molar-refractivity contribution in [1.29, 1.82) is 0 Å². The zero-order valence-corrected chi connectivity index (χ0v) is 13.0. The first-order valence-electron chi connectivity index (χ1n) is 7.28. The predicted molar refractivity (Wildman–Crippen MR) is 76.3 cm³/mol. The summed E-state index contributed by atoms with van der Waals surface area (Å²) >= 11 is 0. The lowest BCUT2D eigenvalue weighted by Gasteiger charge is -2.40. The van der Waals surface area contributed by atoms with E-state index in [4.69, 9.17) is 4.74 Å². The quantitative estimate of drug-likeness (QED) is 0.780. The van der Waals surface area contributed by atoms with E-state index < -0.39 is 11.5 Å². The molecule has 4 heteroatoms. The molecule has 1 aliphatic rings. The SMILES string of the molecule is CCNC(C)(COC1CC(C)CC(C)(C)C1)C(=O)O. The first-order chi connectivity index (χ1) is 8.68. The summed E-state index contributed by atoms with van der Waals surface area (Å²) in [5.74, 6) is -0.207. The van der Waals surface area contributed by atoms with Crippen molar-refractivity contribution < 1.29 is 14.6 Å². The molecule has 0 saturated heterocycles. The average Bonchev–Trinajstić information content (AvgIpc) is 2.24. The summed E-state index contributed by atoms with van der Waals surface area (Å²) in [7, 11) is 0. The lowest BCUT2D eigenvalue weighted by molar-refractivity contribution is -0.149. The van der Waals surface area contributed by atoms with Gasteiger partial charge in [0, 0.05) is 0 Å². The van der Waals surface area contributed by atoms with Crippen molar-refractivity contribution in [2.75, 3.05) is 13.2 Å². The Morgan fingerprint density at radius 3 is 2.58 bits per heavy atom. The third kappa shape index (κ3) is 4.77. The standard InChI is InChI=1S/C15H29NO3/c1-6-16-15(5,13(17)18)10-19-12-7-11(2)8-14(3,4)9-12/h11-12,16H,6-10H2,1-5H3,(H,17,18). The summed E-state index contributed by atoms with van der Waals surface area (Å²) in [4.78, 5) is 11.3. The Hall–Kier alpha value is -0.610. The van der Waals surface area contributed by atoms with Gasteiger partial charge in [-0.15, -0.1) is 0 Å². The zero-order chi connectivity index (χ0) is 14.7. The Balaban J connectivity index is 2.57. The highest BCUT2D eigenvalue weighted by molar-refractivity contribution is 5.78. The summed E-state index contributed by atoms with van der Waals surface area (Å²) in [6.45, 7) is 11.2. The molecule has 1 saturated carbocycles. The molecule has 0 aromatic heterocycles. The molecular formula is C15H29NO3. The average molecular weight is 271 g/mol. The van der Waals surface area contributed by atoms with Gasteiger partial charge in [0.1, 0.15) is 5.54 Å². The van der Waals surface area contributed by atoms with Crippen molar-refractivity contribution in [2.45, 2.75) is 65.5 Å². The van der Waals surface area contributed by atoms with Gasteiger partial charge in [0.2, 0.25) is 0 Å². The van der Waals surface area contributed by atoms with Crippen molar-refractivity contribution in [3.05, 3.63) is 0 Å². The van der Waals surface area contributed by atoms with Gasteiger partial charge in [0.05, 0.1) is 12.7 Å². The van der Waals surface area contributed by atoms with Crippen LogP contribution in [0.5, 0.6) is 0 Å². The van der Waals surface area contributed by atoms with Gasteiger partial charge < -0.3 is 15.2 Å². The van der Waals surface area contributed by atoms with Gasteiger partial charge in [-0.05, 0) is 44.1 Å². The van der Waals surface area contributed by atoms with Gasteiger partial charge in [0.25, 0.3) is 0 Å². The summed E-state index contributed by atoms with van der Waals surface area (Å²) < 4.78 is 5.92. The number of aliphatic carboxylic acids is 1. The summed E-state index contributed by atoms with van der Waals surface area (Å²) in [5, 5.41) is 12.3. The molecule has 0 radical (unpaired) electrons. The third-order valence-electron chi connectivity index (χ3n) is 3.99. The number of hydrogen-bond donors (Lipinski definition) is 2. The van der Waals surface area contributed by atoms with Crippen molar-refractivity contribution in [3.8, 4) is 0 Å². The van der Waals surface area contributed by atoms with Crippen LogP contribution in [0.4, 0.5) is 0 Å². The molecule has 0 bridgehead atoms. The van der Waals surface area contributed by atoms with Gasteiger partial charge in [0.15, 0.2) is 0 Å². The molecule has 0 aromatic rings. The van der Waals surface area contributed by atoms with Crippen LogP contribution >= 0.6 is 0 Å². The Labute approximate surface area is 116 Å². The number of nitrogens with one attached hydrogen (secondary N) is 1. The zero-order valence-electron chi connectivity index (χ0n) is 13.0. The molecule has 2 N–H and O–H groups in total. The molecule has 3 unspecified atom stereocenters. The summed E-state index contributed by atoms with van der Waals surface area (Å²) in [5.41, 5.74) is -0.695. The van der Waals surface area contributed by atoms with E-state index in [0.29, 0.717) is 17.9 Å². The first kappa shape index (κ1) is 16.4. The smallest absolute Gasteiger partial charge is 0.326 e. The molecular weight excluding hydrogens is 242 g/mol. The fourth-order valence-corrected chi connectivity index (χ4v) is 3.25. The number of carboxylic acid groups (broad SMARTS) is 1. The van der Waals surface area contributed by atoms with Gasteiger partial charge >= 0.3 is 5.97 Å². The van der Waals surface area contributed by atoms with E-state index in [0.717, 1.165) is 12.8 Å². The maximum Gasteiger partial charge on any atom is 0.326 e. The lowest BCUT2D eigenvalue weighted by atomic mass is 9.71. The first-order valence-corrected chi connectivity index (χ1v) is 7.28. The lowest BCUT2D eigenvalue weighted by Crippen LogP contribution is -2.54. The molecule has 1 rings (SSSR count). The predicted octanol–water partition coefficient (Wildman–Crippen LogP) is 2.67. The Morgan fingerprint density at radius 2 is 2.11 bits per heavy atom. The number of carboxylic acids is 1. The molecule has 0 heterocycles. The number of likely N-dealkylation sites (N-methyl/N-ethyl adjacent to an activating group) is 1. The second-order valence-corrected chi connectivity index (χ2v) is 7.01. The topological polar surface area (TPSA) is 58.6 Å². The van der Waals surface area contributed by atoms with Gasteiger partial charge in [-0.3, -0.25) is 4.79 Å². The summed E-state index contributed by atoms with van der Waals surface area (Å²) in [6, 6.07) is 0. The highest BCUT2D eigenvalue weighted by atomic mass is 16.5. The minimum Gasteiger partial charge on any atom is -0.480 e. The second-order valence-electron chi connectivity index (χ2n) is 7.01. The van der Waals surface area contributed by atoms with Gasteiger partial charge in [-0.25, -0.2) is 0 Å². The molecule has 0 spiro atoms. The minimum atomic E-state index is -0.987. The third-order valence-corrected chi connectivity index (χ3v) is 3.99. The molecule has 1 aliphatic carbocycles. The minimum absolute atomic E-state index is 0.177. The Morgan fingerprint density at radius 1 is 1.47 bits per heavy atom. The number of carbonyl (C=O) groups is 1. The maximum absolute atomic E-state index is 11.3. The van der Waals surface area contributed by atoms with Crippen LogP contribution < -0.4 is 5.32 Å². The maximum atomic E-state index is 11.3. The van der Waals surface area contributed by atoms with Crippen molar-refractivity contribution >= 4 is 5.97 Å². The Bertz CT molecular complexity index is 317. The van der Waals surface area contributed by atoms with E-state index in [1.165, 1.54) is 6.42 Å². The van der Waals surface area contributed by atoms with Crippen LogP contribution in [0.1, 0.15) is 53.9 Å². The van der Waals surface area contributed by atoms with Crippen molar-refractivity contribution in [2.24, 2.45) is 11.3 Å². The van der Waals surface area contributed by atoms with Crippen LogP contribution in [0, 0.1) is 11.3 Å². The van der Waals surface area contributed by atoms with E-state index >= 15 is 0 Å². The van der Waals surface area contributed by atoms with Gasteiger partial charge in [-0.1, -0.05) is 27.7 Å². The van der Waals surface area contributed by atoms with E-state index in [1.54, 1.807) is 6.92 Å². The van der Waals surface area contributed by atoms with Crippen molar-refractivity contribution in [3.63, 3.8) is 0 Å². The van der Waals surface area contributed by atoms with Crippen LogP contribution in [-0.2, 0) is 9.53 Å².